The Labute approximate surface area is 132 Å². The van der Waals surface area contributed by atoms with Gasteiger partial charge in [0.2, 0.25) is 5.91 Å². The van der Waals surface area contributed by atoms with Crippen molar-refractivity contribution in [1.82, 2.24) is 20.6 Å². The first-order chi connectivity index (χ1) is 11.0. The number of nitrogens with one attached hydrogen (secondary N) is 3. The van der Waals surface area contributed by atoms with Crippen molar-refractivity contribution >= 4 is 23.9 Å². The second-order valence-electron chi connectivity index (χ2n) is 4.14. The van der Waals surface area contributed by atoms with Gasteiger partial charge in [-0.2, -0.15) is 10.2 Å². The van der Waals surface area contributed by atoms with Crippen molar-refractivity contribution in [2.45, 2.75) is 5.03 Å². The summed E-state index contributed by atoms with van der Waals surface area (Å²) in [5.74, 6) is -0.960. The Kier molecular flexibility index (Phi) is 5.15. The summed E-state index contributed by atoms with van der Waals surface area (Å²) in [5, 5.41) is 27.8. The lowest BCUT2D eigenvalue weighted by molar-refractivity contribution is -0.118. The van der Waals surface area contributed by atoms with Crippen LogP contribution in [0.5, 0.6) is 11.5 Å². The average molecular weight is 337 g/mol. The molecule has 1 aromatic heterocycles. The number of H-pyrrole nitrogens is 2. The number of aromatic amines is 2. The molecule has 0 atom stereocenters. The Morgan fingerprint density at radius 2 is 2.17 bits per heavy atom. The second-order valence-corrected chi connectivity index (χ2v) is 5.10. The molecule has 2 rings (SSSR count). The van der Waals surface area contributed by atoms with Gasteiger partial charge in [0.25, 0.3) is 5.56 Å². The number of aromatic nitrogens is 3. The van der Waals surface area contributed by atoms with Gasteiger partial charge in [-0.15, -0.1) is 0 Å². The molecule has 0 saturated heterocycles. The van der Waals surface area contributed by atoms with Crippen molar-refractivity contribution in [3.05, 3.63) is 44.6 Å². The van der Waals surface area contributed by atoms with Gasteiger partial charge in [0.15, 0.2) is 5.03 Å². The molecule has 0 spiro atoms. The topological polar surface area (TPSA) is 161 Å². The number of hydrogen-bond donors (Lipinski definition) is 5. The number of carbonyl (C=O) groups is 1. The number of phenols is 2. The number of rotatable bonds is 5. The van der Waals surface area contributed by atoms with Crippen LogP contribution in [0.3, 0.4) is 0 Å². The fourth-order valence-electron chi connectivity index (χ4n) is 1.42. The van der Waals surface area contributed by atoms with Crippen LogP contribution in [-0.4, -0.2) is 43.3 Å². The quantitative estimate of drug-likeness (QED) is 0.269. The number of amides is 1. The van der Waals surface area contributed by atoms with Crippen LogP contribution in [0.2, 0.25) is 0 Å². The lowest BCUT2D eigenvalue weighted by atomic mass is 10.2. The van der Waals surface area contributed by atoms with Crippen LogP contribution in [0.1, 0.15) is 5.56 Å². The van der Waals surface area contributed by atoms with Gasteiger partial charge in [-0.25, -0.2) is 15.3 Å². The van der Waals surface area contributed by atoms with E-state index in [2.05, 4.69) is 15.6 Å². The third-order valence-electron chi connectivity index (χ3n) is 2.43. The molecular weight excluding hydrogens is 326 g/mol. The molecule has 1 amide bonds. The zero-order valence-electron chi connectivity index (χ0n) is 11.4. The zero-order valence-corrected chi connectivity index (χ0v) is 12.3. The summed E-state index contributed by atoms with van der Waals surface area (Å²) >= 11 is 0.822. The smallest absolute Gasteiger partial charge is 0.342 e. The van der Waals surface area contributed by atoms with E-state index in [-0.39, 0.29) is 22.3 Å². The summed E-state index contributed by atoms with van der Waals surface area (Å²) in [7, 11) is 0. The highest BCUT2D eigenvalue weighted by Gasteiger charge is 2.07. The molecule has 2 aromatic rings. The molecule has 5 N–H and O–H groups in total. The fourth-order valence-corrected chi connectivity index (χ4v) is 2.04. The molecule has 0 bridgehead atoms. The van der Waals surface area contributed by atoms with Crippen LogP contribution in [0.4, 0.5) is 0 Å². The SMILES string of the molecule is O=C(CSc1n[nH]c(=O)[nH]c1=O)N/N=C/c1ccc(O)cc1O. The van der Waals surface area contributed by atoms with Crippen LogP contribution in [0.25, 0.3) is 0 Å². The maximum absolute atomic E-state index is 11.6. The zero-order chi connectivity index (χ0) is 16.8. The second kappa shape index (κ2) is 7.26. The summed E-state index contributed by atoms with van der Waals surface area (Å²) in [6.45, 7) is 0. The molecule has 0 unspecified atom stereocenters. The lowest BCUT2D eigenvalue weighted by Gasteiger charge is -2.00. The highest BCUT2D eigenvalue weighted by atomic mass is 32.2. The van der Waals surface area contributed by atoms with Crippen molar-refractivity contribution < 1.29 is 15.0 Å². The van der Waals surface area contributed by atoms with E-state index in [0.29, 0.717) is 5.56 Å². The molecule has 23 heavy (non-hydrogen) atoms. The fraction of sp³-hybridized carbons (Fsp3) is 0.0833. The van der Waals surface area contributed by atoms with Gasteiger partial charge in [-0.3, -0.25) is 14.6 Å². The number of phenolic OH excluding ortho intramolecular Hbond substituents is 2. The first-order valence-electron chi connectivity index (χ1n) is 6.11. The summed E-state index contributed by atoms with van der Waals surface area (Å²) in [5.41, 5.74) is 1.07. The number of aromatic hydroxyl groups is 2. The van der Waals surface area contributed by atoms with Crippen molar-refractivity contribution in [2.24, 2.45) is 5.10 Å². The lowest BCUT2D eigenvalue weighted by Crippen LogP contribution is -2.26. The standard InChI is InChI=1S/C12H11N5O5S/c18-7-2-1-6(8(19)3-7)4-13-15-9(20)5-23-11-10(21)14-12(22)17-16-11/h1-4,18-19H,5H2,(H,15,20)(H2,14,17,21,22)/b13-4+. The van der Waals surface area contributed by atoms with Crippen molar-refractivity contribution in [3.63, 3.8) is 0 Å². The van der Waals surface area contributed by atoms with Crippen molar-refractivity contribution in [1.29, 1.82) is 0 Å². The van der Waals surface area contributed by atoms with Crippen LogP contribution in [0.15, 0.2) is 37.9 Å². The molecule has 10 nitrogen and oxygen atoms in total. The van der Waals surface area contributed by atoms with Crippen LogP contribution < -0.4 is 16.7 Å². The molecule has 0 radical (unpaired) electrons. The van der Waals surface area contributed by atoms with E-state index >= 15 is 0 Å². The highest BCUT2D eigenvalue weighted by Crippen LogP contribution is 2.20. The summed E-state index contributed by atoms with van der Waals surface area (Å²) in [6, 6.07) is 3.90. The molecule has 1 aromatic carbocycles. The van der Waals surface area contributed by atoms with E-state index in [9.17, 15) is 19.5 Å². The van der Waals surface area contributed by atoms with E-state index in [0.717, 1.165) is 17.8 Å². The van der Waals surface area contributed by atoms with Gasteiger partial charge in [-0.05, 0) is 12.1 Å². The first kappa shape index (κ1) is 16.3. The Morgan fingerprint density at radius 3 is 2.87 bits per heavy atom. The number of hydrogen-bond acceptors (Lipinski definition) is 8. The predicted molar refractivity (Wildman–Crippen MR) is 81.7 cm³/mol. The van der Waals surface area contributed by atoms with Crippen molar-refractivity contribution in [2.75, 3.05) is 5.75 Å². The van der Waals surface area contributed by atoms with Crippen molar-refractivity contribution in [3.8, 4) is 11.5 Å². The molecule has 0 fully saturated rings. The predicted octanol–water partition coefficient (Wildman–Crippen LogP) is -0.888. The van der Waals surface area contributed by atoms with E-state index in [1.54, 1.807) is 0 Å². The Balaban J connectivity index is 1.88. The Bertz CT molecular complexity index is 859. The molecule has 0 aliphatic carbocycles. The van der Waals surface area contributed by atoms with Gasteiger partial charge in [0, 0.05) is 11.6 Å². The number of thioether (sulfide) groups is 1. The largest absolute Gasteiger partial charge is 0.508 e. The normalized spacial score (nSPS) is 10.8. The number of hydrazone groups is 1. The maximum Gasteiger partial charge on any atom is 0.342 e. The molecule has 1 heterocycles. The van der Waals surface area contributed by atoms with E-state index < -0.39 is 17.2 Å². The minimum Gasteiger partial charge on any atom is -0.508 e. The van der Waals surface area contributed by atoms with Gasteiger partial charge in [0.1, 0.15) is 11.5 Å². The van der Waals surface area contributed by atoms with Gasteiger partial charge < -0.3 is 10.2 Å². The molecular formula is C12H11N5O5S. The highest BCUT2D eigenvalue weighted by molar-refractivity contribution is 7.99. The minimum atomic E-state index is -0.734. The Morgan fingerprint density at radius 1 is 1.39 bits per heavy atom. The van der Waals surface area contributed by atoms with E-state index in [4.69, 9.17) is 5.11 Å². The molecule has 0 saturated carbocycles. The summed E-state index contributed by atoms with van der Waals surface area (Å²) < 4.78 is 0. The molecule has 0 aliphatic rings. The van der Waals surface area contributed by atoms with Crippen LogP contribution in [0, 0.1) is 0 Å². The van der Waals surface area contributed by atoms with Crippen LogP contribution >= 0.6 is 11.8 Å². The van der Waals surface area contributed by atoms with E-state index in [1.807, 2.05) is 10.1 Å². The molecule has 11 heteroatoms. The molecule has 120 valence electrons. The van der Waals surface area contributed by atoms with Gasteiger partial charge in [-0.1, -0.05) is 11.8 Å². The maximum atomic E-state index is 11.6. The monoisotopic (exact) mass is 337 g/mol. The van der Waals surface area contributed by atoms with Gasteiger partial charge >= 0.3 is 5.69 Å². The minimum absolute atomic E-state index is 0.0556. The third-order valence-corrected chi connectivity index (χ3v) is 3.38. The summed E-state index contributed by atoms with van der Waals surface area (Å²) in [4.78, 5) is 35.7. The van der Waals surface area contributed by atoms with Crippen LogP contribution in [-0.2, 0) is 4.79 Å². The Hall–Kier alpha value is -3.08. The molecule has 0 aliphatic heterocycles. The number of carbonyl (C=O) groups excluding carboxylic acids is 1. The van der Waals surface area contributed by atoms with Gasteiger partial charge in [0.05, 0.1) is 12.0 Å². The van der Waals surface area contributed by atoms with E-state index in [1.165, 1.54) is 18.3 Å². The number of nitrogens with zero attached hydrogens (tertiary/aromatic N) is 2. The third kappa shape index (κ3) is 4.71. The first-order valence-corrected chi connectivity index (χ1v) is 7.10. The summed E-state index contributed by atoms with van der Waals surface area (Å²) in [6.07, 6.45) is 1.20. The average Bonchev–Trinajstić information content (AvgIpc) is 2.48. The number of benzene rings is 1.